The maximum absolute atomic E-state index is 9.75. The van der Waals surface area contributed by atoms with E-state index >= 15 is 0 Å². The van der Waals surface area contributed by atoms with Gasteiger partial charge in [0.25, 0.3) is 0 Å². The third kappa shape index (κ3) is 1.57. The van der Waals surface area contributed by atoms with Gasteiger partial charge in [0, 0.05) is 27.1 Å². The van der Waals surface area contributed by atoms with Crippen LogP contribution < -0.4 is 0 Å². The minimum absolute atomic E-state index is 0.370. The second-order valence-corrected chi connectivity index (χ2v) is 4.27. The van der Waals surface area contributed by atoms with Crippen LogP contribution in [0.4, 0.5) is 0 Å². The molecular formula is C11H12BrNO. The van der Waals surface area contributed by atoms with Crippen LogP contribution in [0, 0.1) is 0 Å². The molecule has 0 aliphatic carbocycles. The van der Waals surface area contributed by atoms with Gasteiger partial charge in [-0.3, -0.25) is 0 Å². The first-order chi connectivity index (χ1) is 6.72. The molecular weight excluding hydrogens is 242 g/mol. The topological polar surface area (TPSA) is 36.0 Å². The summed E-state index contributed by atoms with van der Waals surface area (Å²) in [4.78, 5) is 3.15. The van der Waals surface area contributed by atoms with Crippen LogP contribution in [-0.2, 0) is 0 Å². The third-order valence-corrected chi connectivity index (χ3v) is 2.91. The number of halogens is 1. The number of H-pyrrole nitrogens is 1. The van der Waals surface area contributed by atoms with Gasteiger partial charge in [-0.25, -0.2) is 0 Å². The second-order valence-electron chi connectivity index (χ2n) is 3.36. The fraction of sp³-hybridized carbons (Fsp3) is 0.273. The van der Waals surface area contributed by atoms with Crippen molar-refractivity contribution in [1.29, 1.82) is 0 Å². The molecule has 0 unspecified atom stereocenters. The molecule has 0 aliphatic rings. The van der Waals surface area contributed by atoms with Crippen LogP contribution in [0.2, 0.25) is 0 Å². The Morgan fingerprint density at radius 3 is 3.00 bits per heavy atom. The Bertz CT molecular complexity index is 449. The zero-order valence-electron chi connectivity index (χ0n) is 7.92. The molecule has 0 amide bonds. The Kier molecular flexibility index (Phi) is 2.61. The molecule has 14 heavy (non-hydrogen) atoms. The lowest BCUT2D eigenvalue weighted by Crippen LogP contribution is -1.92. The SMILES string of the molecule is CC[C@@H](O)c1c[nH]c2cc(Br)ccc12. The van der Waals surface area contributed by atoms with Crippen molar-refractivity contribution in [2.75, 3.05) is 0 Å². The van der Waals surface area contributed by atoms with E-state index in [0.717, 1.165) is 27.4 Å². The van der Waals surface area contributed by atoms with Gasteiger partial charge in [-0.1, -0.05) is 28.9 Å². The van der Waals surface area contributed by atoms with E-state index in [9.17, 15) is 5.11 Å². The van der Waals surface area contributed by atoms with E-state index < -0.39 is 0 Å². The van der Waals surface area contributed by atoms with E-state index in [1.54, 1.807) is 0 Å². The first-order valence-corrected chi connectivity index (χ1v) is 5.46. The fourth-order valence-corrected chi connectivity index (χ4v) is 1.98. The minimum atomic E-state index is -0.370. The molecule has 0 radical (unpaired) electrons. The zero-order chi connectivity index (χ0) is 10.1. The van der Waals surface area contributed by atoms with Gasteiger partial charge in [0.15, 0.2) is 0 Å². The second kappa shape index (κ2) is 3.75. The molecule has 74 valence electrons. The lowest BCUT2D eigenvalue weighted by Gasteiger charge is -2.05. The summed E-state index contributed by atoms with van der Waals surface area (Å²) in [5.74, 6) is 0. The van der Waals surface area contributed by atoms with Crippen LogP contribution in [-0.4, -0.2) is 10.1 Å². The molecule has 0 bridgehead atoms. The molecule has 0 aliphatic heterocycles. The molecule has 1 heterocycles. The number of benzene rings is 1. The minimum Gasteiger partial charge on any atom is -0.388 e. The van der Waals surface area contributed by atoms with Crippen LogP contribution >= 0.6 is 15.9 Å². The quantitative estimate of drug-likeness (QED) is 0.846. The molecule has 0 spiro atoms. The summed E-state index contributed by atoms with van der Waals surface area (Å²) >= 11 is 3.41. The highest BCUT2D eigenvalue weighted by Crippen LogP contribution is 2.27. The number of fused-ring (bicyclic) bond motifs is 1. The molecule has 3 heteroatoms. The fourth-order valence-electron chi connectivity index (χ4n) is 1.62. The van der Waals surface area contributed by atoms with Crippen molar-refractivity contribution in [2.45, 2.75) is 19.4 Å². The van der Waals surface area contributed by atoms with Gasteiger partial charge < -0.3 is 10.1 Å². The predicted molar refractivity (Wildman–Crippen MR) is 61.2 cm³/mol. The van der Waals surface area contributed by atoms with Crippen molar-refractivity contribution in [2.24, 2.45) is 0 Å². The number of aromatic amines is 1. The molecule has 1 aromatic heterocycles. The summed E-state index contributed by atoms with van der Waals surface area (Å²) in [7, 11) is 0. The largest absolute Gasteiger partial charge is 0.388 e. The molecule has 0 fully saturated rings. The first kappa shape index (κ1) is 9.74. The molecule has 0 saturated carbocycles. The average Bonchev–Trinajstić information content (AvgIpc) is 2.59. The number of nitrogens with one attached hydrogen (secondary N) is 1. The summed E-state index contributed by atoms with van der Waals surface area (Å²) < 4.78 is 1.05. The Hall–Kier alpha value is -0.800. The van der Waals surface area contributed by atoms with E-state index in [4.69, 9.17) is 0 Å². The van der Waals surface area contributed by atoms with Gasteiger partial charge in [-0.15, -0.1) is 0 Å². The molecule has 2 rings (SSSR count). The molecule has 2 N–H and O–H groups in total. The zero-order valence-corrected chi connectivity index (χ0v) is 9.51. The molecule has 0 saturated heterocycles. The average molecular weight is 254 g/mol. The monoisotopic (exact) mass is 253 g/mol. The maximum Gasteiger partial charge on any atom is 0.0808 e. The third-order valence-electron chi connectivity index (χ3n) is 2.42. The van der Waals surface area contributed by atoms with E-state index in [-0.39, 0.29) is 6.10 Å². The van der Waals surface area contributed by atoms with Crippen LogP contribution in [0.3, 0.4) is 0 Å². The van der Waals surface area contributed by atoms with Crippen molar-refractivity contribution in [3.63, 3.8) is 0 Å². The lowest BCUT2D eigenvalue weighted by atomic mass is 10.1. The number of rotatable bonds is 2. The van der Waals surface area contributed by atoms with Gasteiger partial charge in [-0.2, -0.15) is 0 Å². The Morgan fingerprint density at radius 2 is 2.29 bits per heavy atom. The molecule has 2 nitrogen and oxygen atoms in total. The summed E-state index contributed by atoms with van der Waals surface area (Å²) in [6.45, 7) is 1.97. The first-order valence-electron chi connectivity index (χ1n) is 4.67. The number of aromatic nitrogens is 1. The van der Waals surface area contributed by atoms with Gasteiger partial charge in [0.2, 0.25) is 0 Å². The highest BCUT2D eigenvalue weighted by Gasteiger charge is 2.10. The van der Waals surface area contributed by atoms with Crippen molar-refractivity contribution in [1.82, 2.24) is 4.98 Å². The summed E-state index contributed by atoms with van der Waals surface area (Å²) in [6, 6.07) is 6.02. The summed E-state index contributed by atoms with van der Waals surface area (Å²) in [5, 5.41) is 10.9. The summed E-state index contributed by atoms with van der Waals surface area (Å²) in [6.07, 6.45) is 2.25. The van der Waals surface area contributed by atoms with Crippen molar-refractivity contribution >= 4 is 26.8 Å². The van der Waals surface area contributed by atoms with E-state index in [2.05, 4.69) is 20.9 Å². The van der Waals surface area contributed by atoms with Gasteiger partial charge in [-0.05, 0) is 18.6 Å². The van der Waals surface area contributed by atoms with E-state index in [1.165, 1.54) is 0 Å². The van der Waals surface area contributed by atoms with Gasteiger partial charge in [0.05, 0.1) is 6.10 Å². The van der Waals surface area contributed by atoms with Crippen molar-refractivity contribution in [3.05, 3.63) is 34.4 Å². The number of hydrogen-bond acceptors (Lipinski definition) is 1. The Morgan fingerprint density at radius 1 is 1.50 bits per heavy atom. The number of hydrogen-bond donors (Lipinski definition) is 2. The molecule has 1 atom stereocenters. The van der Waals surface area contributed by atoms with E-state index in [1.807, 2.05) is 31.3 Å². The molecule has 2 aromatic rings. The van der Waals surface area contributed by atoms with Gasteiger partial charge in [0.1, 0.15) is 0 Å². The highest BCUT2D eigenvalue weighted by atomic mass is 79.9. The lowest BCUT2D eigenvalue weighted by molar-refractivity contribution is 0.175. The Balaban J connectivity index is 2.58. The maximum atomic E-state index is 9.75. The van der Waals surface area contributed by atoms with Crippen molar-refractivity contribution in [3.8, 4) is 0 Å². The summed E-state index contributed by atoms with van der Waals surface area (Å²) in [5.41, 5.74) is 2.04. The Labute approximate surface area is 91.1 Å². The number of aliphatic hydroxyl groups is 1. The normalized spacial score (nSPS) is 13.4. The number of aliphatic hydroxyl groups excluding tert-OH is 1. The standard InChI is InChI=1S/C11H12BrNO/c1-2-11(14)9-6-13-10-5-7(12)3-4-8(9)10/h3-6,11,13-14H,2H2,1H3/t11-/m1/s1. The highest BCUT2D eigenvalue weighted by molar-refractivity contribution is 9.10. The van der Waals surface area contributed by atoms with Crippen LogP contribution in [0.15, 0.2) is 28.9 Å². The molecule has 1 aromatic carbocycles. The van der Waals surface area contributed by atoms with Crippen LogP contribution in [0.5, 0.6) is 0 Å². The van der Waals surface area contributed by atoms with E-state index in [0.29, 0.717) is 0 Å². The van der Waals surface area contributed by atoms with Crippen LogP contribution in [0.25, 0.3) is 10.9 Å². The smallest absolute Gasteiger partial charge is 0.0808 e. The van der Waals surface area contributed by atoms with Crippen molar-refractivity contribution < 1.29 is 5.11 Å². The van der Waals surface area contributed by atoms with Gasteiger partial charge >= 0.3 is 0 Å². The predicted octanol–water partition coefficient (Wildman–Crippen LogP) is 3.37. The van der Waals surface area contributed by atoms with Crippen LogP contribution in [0.1, 0.15) is 25.0 Å².